The van der Waals surface area contributed by atoms with E-state index in [1.807, 2.05) is 38.1 Å². The van der Waals surface area contributed by atoms with Gasteiger partial charge in [-0.25, -0.2) is 0 Å². The first-order chi connectivity index (χ1) is 8.40. The van der Waals surface area contributed by atoms with Crippen LogP contribution in [0.25, 0.3) is 10.9 Å². The van der Waals surface area contributed by atoms with Crippen molar-refractivity contribution in [3.05, 3.63) is 45.7 Å². The van der Waals surface area contributed by atoms with Crippen LogP contribution in [0.15, 0.2) is 29.1 Å². The number of benzene rings is 1. The smallest absolute Gasteiger partial charge is 0.251 e. The lowest BCUT2D eigenvalue weighted by Crippen LogP contribution is -2.36. The molecule has 0 aliphatic heterocycles. The first-order valence-electron chi connectivity index (χ1n) is 6.33. The summed E-state index contributed by atoms with van der Waals surface area (Å²) in [6, 6.07) is 8.06. The van der Waals surface area contributed by atoms with E-state index in [1.165, 1.54) is 5.56 Å². The van der Waals surface area contributed by atoms with Crippen molar-refractivity contribution >= 4 is 10.9 Å². The molecule has 0 fully saturated rings. The molecule has 0 amide bonds. The minimum Gasteiger partial charge on any atom is -0.325 e. The molecule has 1 aromatic carbocycles. The molecule has 3 nitrogen and oxygen atoms in total. The summed E-state index contributed by atoms with van der Waals surface area (Å²) in [6.07, 6.45) is 1.49. The van der Waals surface area contributed by atoms with E-state index >= 15 is 0 Å². The average Bonchev–Trinajstić information content (AvgIpc) is 2.27. The van der Waals surface area contributed by atoms with Crippen molar-refractivity contribution in [1.29, 1.82) is 0 Å². The van der Waals surface area contributed by atoms with Crippen LogP contribution in [-0.4, -0.2) is 10.5 Å². The van der Waals surface area contributed by atoms with Crippen LogP contribution in [0.1, 0.15) is 31.9 Å². The van der Waals surface area contributed by atoms with Crippen molar-refractivity contribution in [2.24, 2.45) is 5.73 Å². The van der Waals surface area contributed by atoms with Crippen LogP contribution in [0.4, 0.5) is 0 Å². The molecule has 96 valence electrons. The lowest BCUT2D eigenvalue weighted by atomic mass is 9.96. The van der Waals surface area contributed by atoms with Crippen LogP contribution in [0.3, 0.4) is 0 Å². The molecular formula is C15H20N2O. The summed E-state index contributed by atoms with van der Waals surface area (Å²) in [5, 5.41) is 1.08. The Morgan fingerprint density at radius 3 is 2.61 bits per heavy atom. The molecule has 0 saturated heterocycles. The summed E-state index contributed by atoms with van der Waals surface area (Å²) in [5.74, 6) is 0. The Morgan fingerprint density at radius 1 is 1.28 bits per heavy atom. The maximum Gasteiger partial charge on any atom is 0.251 e. The van der Waals surface area contributed by atoms with Crippen LogP contribution >= 0.6 is 0 Å². The predicted octanol–water partition coefficient (Wildman–Crippen LogP) is 2.37. The molecule has 3 N–H and O–H groups in total. The Bertz CT molecular complexity index is 620. The highest BCUT2D eigenvalue weighted by Gasteiger charge is 2.15. The fourth-order valence-electron chi connectivity index (χ4n) is 2.26. The molecule has 1 aromatic heterocycles. The summed E-state index contributed by atoms with van der Waals surface area (Å²) in [5.41, 5.74) is 8.46. The van der Waals surface area contributed by atoms with Crippen LogP contribution in [0.5, 0.6) is 0 Å². The molecule has 0 unspecified atom stereocenters. The number of H-pyrrole nitrogens is 1. The maximum absolute atomic E-state index is 12.1. The third-order valence-corrected chi connectivity index (χ3v) is 3.07. The maximum atomic E-state index is 12.1. The molecule has 1 heterocycles. The van der Waals surface area contributed by atoms with Crippen molar-refractivity contribution < 1.29 is 0 Å². The zero-order chi connectivity index (χ0) is 13.3. The summed E-state index contributed by atoms with van der Waals surface area (Å²) in [6.45, 7) is 5.95. The van der Waals surface area contributed by atoms with Crippen LogP contribution in [0, 0.1) is 0 Å². The molecule has 0 spiro atoms. The lowest BCUT2D eigenvalue weighted by Gasteiger charge is -2.18. The molecule has 0 atom stereocenters. The fourth-order valence-corrected chi connectivity index (χ4v) is 2.26. The van der Waals surface area contributed by atoms with Gasteiger partial charge in [0.1, 0.15) is 0 Å². The van der Waals surface area contributed by atoms with Gasteiger partial charge >= 0.3 is 0 Å². The van der Waals surface area contributed by atoms with Crippen LogP contribution in [-0.2, 0) is 12.8 Å². The van der Waals surface area contributed by atoms with Crippen molar-refractivity contribution in [3.8, 4) is 0 Å². The Morgan fingerprint density at radius 2 is 2.00 bits per heavy atom. The first-order valence-corrected chi connectivity index (χ1v) is 6.33. The van der Waals surface area contributed by atoms with Gasteiger partial charge in [-0.1, -0.05) is 25.1 Å². The van der Waals surface area contributed by atoms with E-state index in [0.717, 1.165) is 22.9 Å². The second-order valence-electron chi connectivity index (χ2n) is 5.52. The summed E-state index contributed by atoms with van der Waals surface area (Å²) in [4.78, 5) is 15.1. The normalized spacial score (nSPS) is 12.0. The van der Waals surface area contributed by atoms with Gasteiger partial charge in [-0.3, -0.25) is 4.79 Å². The number of aryl methyl sites for hydroxylation is 1. The Kier molecular flexibility index (Phi) is 3.26. The minimum atomic E-state index is -0.372. The van der Waals surface area contributed by atoms with Gasteiger partial charge in [-0.15, -0.1) is 0 Å². The van der Waals surface area contributed by atoms with E-state index < -0.39 is 0 Å². The summed E-state index contributed by atoms with van der Waals surface area (Å²) < 4.78 is 0. The number of pyridine rings is 1. The van der Waals surface area contributed by atoms with E-state index in [9.17, 15) is 4.79 Å². The molecule has 0 radical (unpaired) electrons. The molecule has 18 heavy (non-hydrogen) atoms. The van der Waals surface area contributed by atoms with Gasteiger partial charge in [0.15, 0.2) is 0 Å². The van der Waals surface area contributed by atoms with Gasteiger partial charge in [-0.2, -0.15) is 0 Å². The fraction of sp³-hybridized carbons (Fsp3) is 0.400. The largest absolute Gasteiger partial charge is 0.325 e. The number of hydrogen-bond donors (Lipinski definition) is 2. The van der Waals surface area contributed by atoms with Crippen molar-refractivity contribution in [3.63, 3.8) is 0 Å². The molecule has 0 aliphatic rings. The van der Waals surface area contributed by atoms with Crippen molar-refractivity contribution in [2.75, 3.05) is 0 Å². The lowest BCUT2D eigenvalue weighted by molar-refractivity contribution is 0.514. The van der Waals surface area contributed by atoms with E-state index in [-0.39, 0.29) is 11.1 Å². The number of nitrogens with one attached hydrogen (secondary N) is 1. The van der Waals surface area contributed by atoms with Gasteiger partial charge in [0.05, 0.1) is 5.52 Å². The van der Waals surface area contributed by atoms with Gasteiger partial charge in [0, 0.05) is 11.1 Å². The van der Waals surface area contributed by atoms with E-state index in [4.69, 9.17) is 5.73 Å². The second kappa shape index (κ2) is 4.58. The Labute approximate surface area is 107 Å². The monoisotopic (exact) mass is 244 g/mol. The number of rotatable bonds is 3. The summed E-state index contributed by atoms with van der Waals surface area (Å²) >= 11 is 0. The number of para-hydroxylation sites is 1. The average molecular weight is 244 g/mol. The topological polar surface area (TPSA) is 58.9 Å². The highest BCUT2D eigenvalue weighted by atomic mass is 16.1. The molecule has 0 aliphatic carbocycles. The van der Waals surface area contributed by atoms with E-state index in [0.29, 0.717) is 6.42 Å². The molecule has 3 heteroatoms. The third-order valence-electron chi connectivity index (χ3n) is 3.07. The van der Waals surface area contributed by atoms with E-state index in [2.05, 4.69) is 11.9 Å². The molecular weight excluding hydrogens is 224 g/mol. The Hall–Kier alpha value is -1.61. The van der Waals surface area contributed by atoms with Crippen molar-refractivity contribution in [2.45, 2.75) is 39.2 Å². The predicted molar refractivity (Wildman–Crippen MR) is 75.9 cm³/mol. The number of fused-ring (bicyclic) bond motifs is 1. The minimum absolute atomic E-state index is 0.0260. The molecule has 0 saturated carbocycles. The zero-order valence-electron chi connectivity index (χ0n) is 11.2. The van der Waals surface area contributed by atoms with Gasteiger partial charge in [-0.05, 0) is 43.7 Å². The number of aromatic nitrogens is 1. The standard InChI is InChI=1S/C15H20N2O/c1-4-10-6-5-7-11-8-12(9-15(2,3)16)14(18)17-13(10)11/h5-8H,4,9,16H2,1-3H3,(H,17,18). The van der Waals surface area contributed by atoms with E-state index in [1.54, 1.807) is 0 Å². The molecule has 2 aromatic rings. The third kappa shape index (κ3) is 2.62. The van der Waals surface area contributed by atoms with Crippen LogP contribution in [0.2, 0.25) is 0 Å². The molecule has 2 rings (SSSR count). The molecule has 0 bridgehead atoms. The SMILES string of the molecule is CCc1cccc2cc(CC(C)(C)N)c(=O)[nH]c12. The number of aromatic amines is 1. The number of hydrogen-bond acceptors (Lipinski definition) is 2. The van der Waals surface area contributed by atoms with Crippen molar-refractivity contribution in [1.82, 2.24) is 4.98 Å². The van der Waals surface area contributed by atoms with Gasteiger partial charge in [0.2, 0.25) is 0 Å². The van der Waals surface area contributed by atoms with Gasteiger partial charge in [0.25, 0.3) is 5.56 Å². The first kappa shape index (κ1) is 12.8. The van der Waals surface area contributed by atoms with Gasteiger partial charge < -0.3 is 10.7 Å². The highest BCUT2D eigenvalue weighted by molar-refractivity contribution is 5.82. The van der Waals surface area contributed by atoms with Crippen LogP contribution < -0.4 is 11.3 Å². The number of nitrogens with two attached hydrogens (primary N) is 1. The second-order valence-corrected chi connectivity index (χ2v) is 5.52. The summed E-state index contributed by atoms with van der Waals surface area (Å²) in [7, 11) is 0. The highest BCUT2D eigenvalue weighted by Crippen LogP contribution is 2.17. The quantitative estimate of drug-likeness (QED) is 0.870. The zero-order valence-corrected chi connectivity index (χ0v) is 11.2. The Balaban J connectivity index is 2.60.